The molecule has 0 radical (unpaired) electrons. The van der Waals surface area contributed by atoms with Gasteiger partial charge in [-0.1, -0.05) is 44.5 Å². The maximum absolute atomic E-state index is 13.7. The molecule has 4 rings (SSSR count). The Balaban J connectivity index is 1.45. The van der Waals surface area contributed by atoms with E-state index in [2.05, 4.69) is 10.6 Å². The molecule has 0 unspecified atom stereocenters. The number of nitrogens with zero attached hydrogens (tertiary/aromatic N) is 1. The molecule has 2 aromatic carbocycles. The number of benzene rings is 2. The van der Waals surface area contributed by atoms with Crippen molar-refractivity contribution < 1.29 is 23.9 Å². The van der Waals surface area contributed by atoms with Gasteiger partial charge in [0.15, 0.2) is 11.5 Å². The molecule has 8 nitrogen and oxygen atoms in total. The molecule has 1 saturated heterocycles. The number of carbonyl (C=O) groups is 3. The highest BCUT2D eigenvalue weighted by atomic mass is 32.2. The van der Waals surface area contributed by atoms with E-state index >= 15 is 0 Å². The predicted molar refractivity (Wildman–Crippen MR) is 148 cm³/mol. The fourth-order valence-electron chi connectivity index (χ4n) is 5.21. The lowest BCUT2D eigenvalue weighted by Gasteiger charge is -2.32. The minimum Gasteiger partial charge on any atom is -0.493 e. The zero-order valence-corrected chi connectivity index (χ0v) is 23.7. The van der Waals surface area contributed by atoms with E-state index in [0.717, 1.165) is 11.1 Å². The predicted octanol–water partition coefficient (Wildman–Crippen LogP) is 3.94. The molecule has 0 saturated carbocycles. The van der Waals surface area contributed by atoms with E-state index in [1.807, 2.05) is 70.2 Å². The second-order valence-electron chi connectivity index (χ2n) is 10.4. The third-order valence-corrected chi connectivity index (χ3v) is 9.03. The molecule has 1 fully saturated rings. The third kappa shape index (κ3) is 5.21. The highest BCUT2D eigenvalue weighted by molar-refractivity contribution is 8.01. The lowest BCUT2D eigenvalue weighted by atomic mass is 9.95. The zero-order chi connectivity index (χ0) is 27.6. The van der Waals surface area contributed by atoms with E-state index in [9.17, 15) is 14.4 Å². The quantitative estimate of drug-likeness (QED) is 0.475. The first-order valence-electron chi connectivity index (χ1n) is 13.0. The summed E-state index contributed by atoms with van der Waals surface area (Å²) >= 11 is 1.61. The van der Waals surface area contributed by atoms with E-state index in [4.69, 9.17) is 9.47 Å². The Bertz CT molecular complexity index is 1220. The molecule has 9 heteroatoms. The van der Waals surface area contributed by atoms with Crippen molar-refractivity contribution in [3.63, 3.8) is 0 Å². The molecule has 2 N–H and O–H groups in total. The number of thioether (sulfide) groups is 1. The average Bonchev–Trinajstić information content (AvgIpc) is 3.34. The van der Waals surface area contributed by atoms with Crippen LogP contribution >= 0.6 is 11.8 Å². The Morgan fingerprint density at radius 1 is 1.11 bits per heavy atom. The molecular weight excluding hydrogens is 502 g/mol. The van der Waals surface area contributed by atoms with E-state index in [1.165, 1.54) is 0 Å². The van der Waals surface area contributed by atoms with Gasteiger partial charge in [-0.15, -0.1) is 11.8 Å². The van der Waals surface area contributed by atoms with Crippen LogP contribution in [0.4, 0.5) is 0 Å². The Morgan fingerprint density at radius 3 is 2.50 bits per heavy atom. The van der Waals surface area contributed by atoms with Crippen molar-refractivity contribution >= 4 is 29.5 Å². The molecule has 204 valence electrons. The van der Waals surface area contributed by atoms with Crippen LogP contribution in [0.15, 0.2) is 42.5 Å². The first kappa shape index (κ1) is 27.8. The normalized spacial score (nSPS) is 20.8. The standard InChI is InChI=1S/C29H37N3O5S/c1-7-17(2)23(25(33)30-15-14-18-12-13-21(36-5)22(16-18)37-6)31-26(34)24-29(3,4)38-28-20-11-9-8-10-19(20)27(35)32(24)28/h8-13,16-17,23-24,28H,7,14-15H2,1-6H3,(H,30,33)(H,31,34)/t17-,23-,24+,28-/m0/s1. The molecule has 2 aliphatic heterocycles. The number of hydrogen-bond donors (Lipinski definition) is 2. The summed E-state index contributed by atoms with van der Waals surface area (Å²) in [6.45, 7) is 8.32. The second-order valence-corrected chi connectivity index (χ2v) is 12.1. The van der Waals surface area contributed by atoms with Gasteiger partial charge in [0.2, 0.25) is 11.8 Å². The number of carbonyl (C=O) groups excluding carboxylic acids is 3. The van der Waals surface area contributed by atoms with Crippen LogP contribution in [0.1, 0.15) is 61.0 Å². The maximum atomic E-state index is 13.7. The van der Waals surface area contributed by atoms with Gasteiger partial charge in [-0.2, -0.15) is 0 Å². The van der Waals surface area contributed by atoms with Gasteiger partial charge in [-0.3, -0.25) is 14.4 Å². The lowest BCUT2D eigenvalue weighted by molar-refractivity contribution is -0.132. The number of fused-ring (bicyclic) bond motifs is 3. The fourth-order valence-corrected chi connectivity index (χ4v) is 6.80. The molecule has 0 aromatic heterocycles. The fraction of sp³-hybridized carbons (Fsp3) is 0.483. The summed E-state index contributed by atoms with van der Waals surface area (Å²) in [7, 11) is 3.18. The van der Waals surface area contributed by atoms with E-state index < -0.39 is 16.8 Å². The second kappa shape index (κ2) is 11.3. The van der Waals surface area contributed by atoms with Crippen molar-refractivity contribution in [2.24, 2.45) is 5.92 Å². The van der Waals surface area contributed by atoms with Crippen LogP contribution in [0.2, 0.25) is 0 Å². The lowest BCUT2D eigenvalue weighted by Crippen LogP contribution is -2.58. The van der Waals surface area contributed by atoms with Crippen LogP contribution in [0.5, 0.6) is 11.5 Å². The van der Waals surface area contributed by atoms with Gasteiger partial charge in [0.05, 0.1) is 14.2 Å². The third-order valence-electron chi connectivity index (χ3n) is 7.50. The van der Waals surface area contributed by atoms with Crippen molar-refractivity contribution in [3.05, 3.63) is 59.2 Å². The minimum atomic E-state index is -0.710. The van der Waals surface area contributed by atoms with Gasteiger partial charge < -0.3 is 25.0 Å². The smallest absolute Gasteiger partial charge is 0.256 e. The summed E-state index contributed by atoms with van der Waals surface area (Å²) in [5.41, 5.74) is 2.58. The minimum absolute atomic E-state index is 0.0838. The average molecular weight is 540 g/mol. The Labute approximate surface area is 228 Å². The van der Waals surface area contributed by atoms with Gasteiger partial charge in [0.25, 0.3) is 5.91 Å². The first-order valence-corrected chi connectivity index (χ1v) is 13.9. The Kier molecular flexibility index (Phi) is 8.25. The van der Waals surface area contributed by atoms with E-state index in [1.54, 1.807) is 30.9 Å². The number of methoxy groups -OCH3 is 2. The van der Waals surface area contributed by atoms with Crippen molar-refractivity contribution in [1.82, 2.24) is 15.5 Å². The van der Waals surface area contributed by atoms with Gasteiger partial charge in [0, 0.05) is 16.9 Å². The number of rotatable bonds is 10. The number of nitrogens with one attached hydrogen (secondary N) is 2. The largest absolute Gasteiger partial charge is 0.493 e. The van der Waals surface area contributed by atoms with Crippen LogP contribution in [0.25, 0.3) is 0 Å². The molecule has 0 bridgehead atoms. The molecule has 2 heterocycles. The SMILES string of the molecule is CC[C@H](C)[C@H](NC(=O)[C@H]1N2C(=O)c3ccccc3[C@@H]2SC1(C)C)C(=O)NCCc1ccc(OC)c(OC)c1. The summed E-state index contributed by atoms with van der Waals surface area (Å²) in [6.07, 6.45) is 1.31. The van der Waals surface area contributed by atoms with Crippen molar-refractivity contribution in [2.45, 2.75) is 62.7 Å². The Morgan fingerprint density at radius 2 is 1.82 bits per heavy atom. The summed E-state index contributed by atoms with van der Waals surface area (Å²) in [6, 6.07) is 11.8. The van der Waals surface area contributed by atoms with Crippen molar-refractivity contribution in [2.75, 3.05) is 20.8 Å². The van der Waals surface area contributed by atoms with Gasteiger partial charge >= 0.3 is 0 Å². The summed E-state index contributed by atoms with van der Waals surface area (Å²) in [4.78, 5) is 42.0. The van der Waals surface area contributed by atoms with Crippen molar-refractivity contribution in [1.29, 1.82) is 0 Å². The van der Waals surface area contributed by atoms with Crippen LogP contribution in [0, 0.1) is 5.92 Å². The molecule has 38 heavy (non-hydrogen) atoms. The van der Waals surface area contributed by atoms with Gasteiger partial charge in [0.1, 0.15) is 17.5 Å². The topological polar surface area (TPSA) is 97.0 Å². The van der Waals surface area contributed by atoms with Gasteiger partial charge in [-0.25, -0.2) is 0 Å². The molecule has 0 aliphatic carbocycles. The first-order chi connectivity index (χ1) is 18.1. The summed E-state index contributed by atoms with van der Waals surface area (Å²) in [5, 5.41) is 5.79. The van der Waals surface area contributed by atoms with E-state index in [0.29, 0.717) is 36.4 Å². The molecule has 3 amide bonds. The van der Waals surface area contributed by atoms with Crippen LogP contribution in [-0.2, 0) is 16.0 Å². The molecule has 0 spiro atoms. The molecule has 4 atom stereocenters. The van der Waals surface area contributed by atoms with E-state index in [-0.39, 0.29) is 29.0 Å². The molecular formula is C29H37N3O5S. The number of hydrogen-bond acceptors (Lipinski definition) is 6. The highest BCUT2D eigenvalue weighted by Crippen LogP contribution is 2.56. The van der Waals surface area contributed by atoms with Gasteiger partial charge in [-0.05, 0) is 55.5 Å². The van der Waals surface area contributed by atoms with Crippen LogP contribution in [0.3, 0.4) is 0 Å². The number of ether oxygens (including phenoxy) is 2. The monoisotopic (exact) mass is 539 g/mol. The summed E-state index contributed by atoms with van der Waals surface area (Å²) < 4.78 is 10.1. The highest BCUT2D eigenvalue weighted by Gasteiger charge is 2.57. The number of amides is 3. The molecule has 2 aliphatic rings. The van der Waals surface area contributed by atoms with Crippen LogP contribution < -0.4 is 20.1 Å². The molecule has 2 aromatic rings. The van der Waals surface area contributed by atoms with Crippen LogP contribution in [-0.4, -0.2) is 60.2 Å². The zero-order valence-electron chi connectivity index (χ0n) is 22.9. The summed E-state index contributed by atoms with van der Waals surface area (Å²) in [5.74, 6) is 0.531. The Hall–Kier alpha value is -3.20. The van der Waals surface area contributed by atoms with Crippen molar-refractivity contribution in [3.8, 4) is 11.5 Å². The maximum Gasteiger partial charge on any atom is 0.256 e.